The third-order valence-electron chi connectivity index (χ3n) is 6.14. The monoisotopic (exact) mass is 477 g/mol. The second kappa shape index (κ2) is 9.28. The Balaban J connectivity index is 1.34. The predicted molar refractivity (Wildman–Crippen MR) is 131 cm³/mol. The molecule has 5 rings (SSSR count). The number of hydrogen-bond acceptors (Lipinski definition) is 6. The molecule has 0 radical (unpaired) electrons. The molecule has 2 aromatic heterocycles. The maximum Gasteiger partial charge on any atom is 0.237 e. The van der Waals surface area contributed by atoms with E-state index >= 15 is 0 Å². The van der Waals surface area contributed by atoms with Gasteiger partial charge in [-0.25, -0.2) is 9.97 Å². The molecule has 10 heteroatoms. The molecule has 2 aromatic carbocycles. The standard InChI is InChI=1S/C24H24ClN7O2/c25-17-2-4-21-16(6-17)7-18(30-21)10-31-11-19(8-27-14-33)32(23(34)12-31)9-15-1-3-20-22(5-15)28-13-29-24(20)26/h1-7,13-14,19,30H,8-12H2,(H,27,33)(H2,26,28,29)/t19-/m0/s1. The molecule has 1 fully saturated rings. The van der Waals surface area contributed by atoms with E-state index in [2.05, 4.69) is 31.2 Å². The molecule has 34 heavy (non-hydrogen) atoms. The van der Waals surface area contributed by atoms with E-state index in [1.54, 1.807) is 0 Å². The van der Waals surface area contributed by atoms with Gasteiger partial charge in [-0.2, -0.15) is 0 Å². The van der Waals surface area contributed by atoms with Crippen molar-refractivity contribution in [2.24, 2.45) is 0 Å². The number of carbonyl (C=O) groups is 2. The van der Waals surface area contributed by atoms with Gasteiger partial charge in [0.25, 0.3) is 0 Å². The highest BCUT2D eigenvalue weighted by Crippen LogP contribution is 2.24. The second-order valence-corrected chi connectivity index (χ2v) is 8.94. The Hall–Kier alpha value is -3.69. The molecule has 0 bridgehead atoms. The van der Waals surface area contributed by atoms with Crippen molar-refractivity contribution >= 4 is 51.5 Å². The predicted octanol–water partition coefficient (Wildman–Crippen LogP) is 2.31. The van der Waals surface area contributed by atoms with Gasteiger partial charge in [0.1, 0.15) is 12.1 Å². The van der Waals surface area contributed by atoms with Gasteiger partial charge in [0.05, 0.1) is 18.1 Å². The van der Waals surface area contributed by atoms with Crippen molar-refractivity contribution < 1.29 is 9.59 Å². The molecule has 0 saturated carbocycles. The lowest BCUT2D eigenvalue weighted by Crippen LogP contribution is -2.58. The molecule has 4 N–H and O–H groups in total. The summed E-state index contributed by atoms with van der Waals surface area (Å²) in [4.78, 5) is 39.8. The highest BCUT2D eigenvalue weighted by Gasteiger charge is 2.32. The van der Waals surface area contributed by atoms with Gasteiger partial charge in [-0.15, -0.1) is 0 Å². The molecule has 1 aliphatic heterocycles. The number of H-pyrrole nitrogens is 1. The zero-order chi connectivity index (χ0) is 23.7. The van der Waals surface area contributed by atoms with Crippen LogP contribution in [0.25, 0.3) is 21.8 Å². The number of aromatic amines is 1. The van der Waals surface area contributed by atoms with Crippen molar-refractivity contribution in [1.82, 2.24) is 30.1 Å². The van der Waals surface area contributed by atoms with Crippen LogP contribution in [0.4, 0.5) is 5.82 Å². The Morgan fingerprint density at radius 3 is 2.91 bits per heavy atom. The highest BCUT2D eigenvalue weighted by molar-refractivity contribution is 6.31. The molecule has 174 valence electrons. The van der Waals surface area contributed by atoms with Crippen molar-refractivity contribution in [3.63, 3.8) is 0 Å². The van der Waals surface area contributed by atoms with E-state index in [1.807, 2.05) is 41.3 Å². The fourth-order valence-electron chi connectivity index (χ4n) is 4.55. The third-order valence-corrected chi connectivity index (χ3v) is 6.38. The summed E-state index contributed by atoms with van der Waals surface area (Å²) >= 11 is 6.11. The minimum absolute atomic E-state index is 0.00500. The molecular formula is C24H24ClN7O2. The largest absolute Gasteiger partial charge is 0.383 e. The van der Waals surface area contributed by atoms with E-state index in [0.717, 1.165) is 33.1 Å². The summed E-state index contributed by atoms with van der Waals surface area (Å²) in [5.41, 5.74) is 9.61. The summed E-state index contributed by atoms with van der Waals surface area (Å²) in [5, 5.41) is 5.24. The lowest BCUT2D eigenvalue weighted by Gasteiger charge is -2.41. The van der Waals surface area contributed by atoms with Gasteiger partial charge in [0.2, 0.25) is 12.3 Å². The number of halogens is 1. The van der Waals surface area contributed by atoms with E-state index in [-0.39, 0.29) is 18.5 Å². The van der Waals surface area contributed by atoms with E-state index in [1.165, 1.54) is 6.33 Å². The Morgan fingerprint density at radius 2 is 2.06 bits per heavy atom. The van der Waals surface area contributed by atoms with Crippen LogP contribution in [0.3, 0.4) is 0 Å². The Labute approximate surface area is 200 Å². The normalized spacial score (nSPS) is 16.9. The van der Waals surface area contributed by atoms with Crippen molar-refractivity contribution in [1.29, 1.82) is 0 Å². The number of piperazine rings is 1. The van der Waals surface area contributed by atoms with Crippen LogP contribution in [0.2, 0.25) is 5.02 Å². The van der Waals surface area contributed by atoms with Crippen molar-refractivity contribution in [2.75, 3.05) is 25.4 Å². The molecule has 4 aromatic rings. The summed E-state index contributed by atoms with van der Waals surface area (Å²) in [6.45, 7) is 2.30. The van der Waals surface area contributed by atoms with E-state index in [0.29, 0.717) is 43.4 Å². The number of nitrogen functional groups attached to an aromatic ring is 1. The number of amides is 2. The SMILES string of the molecule is Nc1ncnc2cc(CN3C(=O)CN(Cc4cc5cc(Cl)ccc5[nH]4)C[C@@H]3CNC=O)ccc12. The lowest BCUT2D eigenvalue weighted by molar-refractivity contribution is -0.141. The summed E-state index contributed by atoms with van der Waals surface area (Å²) in [7, 11) is 0. The fourth-order valence-corrected chi connectivity index (χ4v) is 4.73. The van der Waals surface area contributed by atoms with Crippen LogP contribution < -0.4 is 11.1 Å². The molecule has 0 unspecified atom stereocenters. The molecule has 9 nitrogen and oxygen atoms in total. The van der Waals surface area contributed by atoms with Gasteiger partial charge in [-0.1, -0.05) is 17.7 Å². The minimum atomic E-state index is -0.170. The first-order chi connectivity index (χ1) is 16.5. The number of aromatic nitrogens is 3. The molecular weight excluding hydrogens is 454 g/mol. The second-order valence-electron chi connectivity index (χ2n) is 8.51. The number of rotatable bonds is 7. The van der Waals surface area contributed by atoms with Crippen LogP contribution in [0.15, 0.2) is 48.8 Å². The van der Waals surface area contributed by atoms with Crippen LogP contribution in [0.5, 0.6) is 0 Å². The van der Waals surface area contributed by atoms with Gasteiger partial charge >= 0.3 is 0 Å². The quantitative estimate of drug-likeness (QED) is 0.351. The number of nitrogens with one attached hydrogen (secondary N) is 2. The van der Waals surface area contributed by atoms with Crippen LogP contribution in [-0.2, 0) is 22.7 Å². The van der Waals surface area contributed by atoms with E-state index in [9.17, 15) is 9.59 Å². The van der Waals surface area contributed by atoms with Crippen molar-refractivity contribution in [3.05, 3.63) is 65.1 Å². The lowest BCUT2D eigenvalue weighted by atomic mass is 10.1. The van der Waals surface area contributed by atoms with Gasteiger partial charge in [0.15, 0.2) is 0 Å². The number of carbonyl (C=O) groups excluding carboxylic acids is 2. The van der Waals surface area contributed by atoms with Crippen LogP contribution in [0, 0.1) is 0 Å². The van der Waals surface area contributed by atoms with E-state index in [4.69, 9.17) is 17.3 Å². The summed E-state index contributed by atoms with van der Waals surface area (Å²) in [6, 6.07) is 13.3. The third kappa shape index (κ3) is 4.52. The maximum atomic E-state index is 13.2. The molecule has 3 heterocycles. The number of benzene rings is 2. The van der Waals surface area contributed by atoms with Gasteiger partial charge < -0.3 is 20.9 Å². The first kappa shape index (κ1) is 22.1. The average molecular weight is 478 g/mol. The molecule has 0 aliphatic carbocycles. The molecule has 2 amide bonds. The first-order valence-corrected chi connectivity index (χ1v) is 11.3. The van der Waals surface area contributed by atoms with Gasteiger partial charge in [-0.05, 0) is 42.0 Å². The number of fused-ring (bicyclic) bond motifs is 2. The number of nitrogens with zero attached hydrogens (tertiary/aromatic N) is 4. The zero-order valence-corrected chi connectivity index (χ0v) is 19.1. The maximum absolute atomic E-state index is 13.2. The topological polar surface area (TPSA) is 120 Å². The molecule has 1 saturated heterocycles. The van der Waals surface area contributed by atoms with Crippen LogP contribution >= 0.6 is 11.6 Å². The Bertz CT molecular complexity index is 1370. The highest BCUT2D eigenvalue weighted by atomic mass is 35.5. The summed E-state index contributed by atoms with van der Waals surface area (Å²) in [5.74, 6) is 0.430. The van der Waals surface area contributed by atoms with Crippen LogP contribution in [-0.4, -0.2) is 62.7 Å². The average Bonchev–Trinajstić information content (AvgIpc) is 3.21. The zero-order valence-electron chi connectivity index (χ0n) is 18.4. The Kier molecular flexibility index (Phi) is 6.04. The van der Waals surface area contributed by atoms with E-state index < -0.39 is 0 Å². The summed E-state index contributed by atoms with van der Waals surface area (Å²) < 4.78 is 0. The fraction of sp³-hybridized carbons (Fsp3) is 0.250. The number of hydrogen-bond donors (Lipinski definition) is 3. The smallest absolute Gasteiger partial charge is 0.237 e. The molecule has 1 atom stereocenters. The van der Waals surface area contributed by atoms with Crippen LogP contribution in [0.1, 0.15) is 11.3 Å². The van der Waals surface area contributed by atoms with Crippen molar-refractivity contribution in [3.8, 4) is 0 Å². The Morgan fingerprint density at radius 1 is 1.18 bits per heavy atom. The van der Waals surface area contributed by atoms with Gasteiger partial charge in [-0.3, -0.25) is 14.5 Å². The number of nitrogens with two attached hydrogens (primary N) is 1. The molecule has 1 aliphatic rings. The summed E-state index contributed by atoms with van der Waals surface area (Å²) in [6.07, 6.45) is 2.10. The molecule has 0 spiro atoms. The van der Waals surface area contributed by atoms with Gasteiger partial charge in [0, 0.05) is 53.2 Å². The van der Waals surface area contributed by atoms with Crippen molar-refractivity contribution in [2.45, 2.75) is 19.1 Å². The number of anilines is 1. The first-order valence-electron chi connectivity index (χ1n) is 11.0. The minimum Gasteiger partial charge on any atom is -0.383 e.